The van der Waals surface area contributed by atoms with Gasteiger partial charge in [0, 0.05) is 17.9 Å². The van der Waals surface area contributed by atoms with Crippen LogP contribution >= 0.6 is 0 Å². The molecule has 0 fully saturated rings. The Morgan fingerprint density at radius 2 is 2.21 bits per heavy atom. The van der Waals surface area contributed by atoms with Gasteiger partial charge in [-0.2, -0.15) is 0 Å². The van der Waals surface area contributed by atoms with E-state index in [-0.39, 0.29) is 17.9 Å². The first-order chi connectivity index (χ1) is 8.99. The number of rotatable bonds is 2. The van der Waals surface area contributed by atoms with Gasteiger partial charge in [0.05, 0.1) is 12.6 Å². The van der Waals surface area contributed by atoms with Crippen LogP contribution in [0.2, 0.25) is 0 Å². The number of hydrogen-bond acceptors (Lipinski definition) is 3. The molecular weight excluding hydrogens is 242 g/mol. The Morgan fingerprint density at radius 3 is 2.89 bits per heavy atom. The summed E-state index contributed by atoms with van der Waals surface area (Å²) in [5.41, 5.74) is 1.82. The summed E-state index contributed by atoms with van der Waals surface area (Å²) in [6, 6.07) is 5.46. The predicted molar refractivity (Wildman–Crippen MR) is 73.0 cm³/mol. The Balaban J connectivity index is 2.22. The standard InChI is InChI=1S/C15H21NO3/c1-9(2)15(18)16-12-6-7-19-13-5-4-10(3)8-11(13)14(12)17/h4-5,8-9,12,14,17H,6-7H2,1-3H3,(H,16,18). The van der Waals surface area contributed by atoms with E-state index < -0.39 is 6.10 Å². The normalized spacial score (nSPS) is 22.4. The highest BCUT2D eigenvalue weighted by Crippen LogP contribution is 2.32. The molecule has 0 aliphatic carbocycles. The molecule has 1 aromatic rings. The third kappa shape index (κ3) is 3.07. The summed E-state index contributed by atoms with van der Waals surface area (Å²) in [6.07, 6.45) is -0.118. The van der Waals surface area contributed by atoms with Crippen LogP contribution in [0, 0.1) is 12.8 Å². The Kier molecular flexibility index (Phi) is 4.10. The third-order valence-corrected chi connectivity index (χ3v) is 3.40. The zero-order chi connectivity index (χ0) is 14.0. The van der Waals surface area contributed by atoms with E-state index in [1.807, 2.05) is 39.0 Å². The summed E-state index contributed by atoms with van der Waals surface area (Å²) in [5.74, 6) is 0.577. The zero-order valence-electron chi connectivity index (χ0n) is 11.6. The monoisotopic (exact) mass is 263 g/mol. The van der Waals surface area contributed by atoms with Crippen LogP contribution < -0.4 is 10.1 Å². The maximum absolute atomic E-state index is 11.8. The first kappa shape index (κ1) is 13.9. The first-order valence-corrected chi connectivity index (χ1v) is 6.71. The van der Waals surface area contributed by atoms with Gasteiger partial charge in [0.15, 0.2) is 0 Å². The summed E-state index contributed by atoms with van der Waals surface area (Å²) in [4.78, 5) is 11.8. The molecule has 1 amide bonds. The molecule has 2 unspecified atom stereocenters. The summed E-state index contributed by atoms with van der Waals surface area (Å²) in [5, 5.41) is 13.4. The minimum absolute atomic E-state index is 0.0415. The molecule has 1 heterocycles. The van der Waals surface area contributed by atoms with Crippen LogP contribution in [0.3, 0.4) is 0 Å². The number of aliphatic hydroxyl groups is 1. The number of aliphatic hydroxyl groups excluding tert-OH is 1. The second-order valence-electron chi connectivity index (χ2n) is 5.39. The largest absolute Gasteiger partial charge is 0.493 e. The van der Waals surface area contributed by atoms with Crippen LogP contribution in [0.4, 0.5) is 0 Å². The molecule has 0 radical (unpaired) electrons. The topological polar surface area (TPSA) is 58.6 Å². The van der Waals surface area contributed by atoms with Crippen molar-refractivity contribution in [2.45, 2.75) is 39.3 Å². The number of nitrogens with one attached hydrogen (secondary N) is 1. The van der Waals surface area contributed by atoms with Crippen LogP contribution in [0.5, 0.6) is 5.75 Å². The molecule has 0 saturated heterocycles. The second-order valence-corrected chi connectivity index (χ2v) is 5.39. The van der Waals surface area contributed by atoms with E-state index in [1.165, 1.54) is 0 Å². The van der Waals surface area contributed by atoms with Crippen LogP contribution in [-0.4, -0.2) is 23.7 Å². The summed E-state index contributed by atoms with van der Waals surface area (Å²) in [6.45, 7) is 6.15. The molecule has 4 nitrogen and oxygen atoms in total. The maximum atomic E-state index is 11.8. The van der Waals surface area contributed by atoms with Gasteiger partial charge in [-0.1, -0.05) is 25.5 Å². The molecule has 0 bridgehead atoms. The van der Waals surface area contributed by atoms with Gasteiger partial charge >= 0.3 is 0 Å². The third-order valence-electron chi connectivity index (χ3n) is 3.40. The van der Waals surface area contributed by atoms with Crippen LogP contribution in [0.25, 0.3) is 0 Å². The minimum atomic E-state index is -0.722. The molecule has 0 saturated carbocycles. The number of carbonyl (C=O) groups is 1. The van der Waals surface area contributed by atoms with Crippen molar-refractivity contribution in [3.63, 3.8) is 0 Å². The average Bonchev–Trinajstić information content (AvgIpc) is 2.51. The van der Waals surface area contributed by atoms with Crippen molar-refractivity contribution in [3.05, 3.63) is 29.3 Å². The Bertz CT molecular complexity index is 470. The summed E-state index contributed by atoms with van der Waals surface area (Å²) < 4.78 is 5.63. The van der Waals surface area contributed by atoms with Crippen molar-refractivity contribution < 1.29 is 14.6 Å². The van der Waals surface area contributed by atoms with Gasteiger partial charge in [0.1, 0.15) is 11.9 Å². The molecule has 2 rings (SSSR count). The van der Waals surface area contributed by atoms with E-state index in [2.05, 4.69) is 5.32 Å². The predicted octanol–water partition coefficient (Wildman–Crippen LogP) is 1.95. The number of fused-ring (bicyclic) bond motifs is 1. The molecule has 0 aromatic heterocycles. The van der Waals surface area contributed by atoms with E-state index >= 15 is 0 Å². The van der Waals surface area contributed by atoms with Gasteiger partial charge in [0.25, 0.3) is 0 Å². The Hall–Kier alpha value is -1.55. The van der Waals surface area contributed by atoms with E-state index in [9.17, 15) is 9.90 Å². The average molecular weight is 263 g/mol. The molecule has 2 N–H and O–H groups in total. The van der Waals surface area contributed by atoms with E-state index in [1.54, 1.807) is 0 Å². The maximum Gasteiger partial charge on any atom is 0.222 e. The molecule has 1 aliphatic rings. The van der Waals surface area contributed by atoms with E-state index in [0.29, 0.717) is 18.8 Å². The number of benzene rings is 1. The smallest absolute Gasteiger partial charge is 0.222 e. The van der Waals surface area contributed by atoms with E-state index in [4.69, 9.17) is 4.74 Å². The number of aryl methyl sites for hydroxylation is 1. The highest BCUT2D eigenvalue weighted by Gasteiger charge is 2.28. The van der Waals surface area contributed by atoms with Gasteiger partial charge in [-0.05, 0) is 19.1 Å². The molecule has 2 atom stereocenters. The number of ether oxygens (including phenoxy) is 1. The number of amides is 1. The van der Waals surface area contributed by atoms with Crippen molar-refractivity contribution in [2.24, 2.45) is 5.92 Å². The zero-order valence-corrected chi connectivity index (χ0v) is 11.6. The lowest BCUT2D eigenvalue weighted by Gasteiger charge is -2.23. The number of carbonyl (C=O) groups excluding carboxylic acids is 1. The highest BCUT2D eigenvalue weighted by molar-refractivity contribution is 5.78. The van der Waals surface area contributed by atoms with Gasteiger partial charge in [-0.25, -0.2) is 0 Å². The molecule has 4 heteroatoms. The lowest BCUT2D eigenvalue weighted by Crippen LogP contribution is -2.41. The van der Waals surface area contributed by atoms with Gasteiger partial charge in [-0.3, -0.25) is 4.79 Å². The Morgan fingerprint density at radius 1 is 1.47 bits per heavy atom. The fourth-order valence-electron chi connectivity index (χ4n) is 2.20. The molecule has 1 aliphatic heterocycles. The Labute approximate surface area is 113 Å². The molecule has 104 valence electrons. The van der Waals surface area contributed by atoms with Gasteiger partial charge < -0.3 is 15.2 Å². The van der Waals surface area contributed by atoms with Crippen LogP contribution in [0.15, 0.2) is 18.2 Å². The summed E-state index contributed by atoms with van der Waals surface area (Å²) in [7, 11) is 0. The van der Waals surface area contributed by atoms with Crippen molar-refractivity contribution >= 4 is 5.91 Å². The van der Waals surface area contributed by atoms with Crippen molar-refractivity contribution in [2.75, 3.05) is 6.61 Å². The number of hydrogen-bond donors (Lipinski definition) is 2. The molecule has 1 aromatic carbocycles. The highest BCUT2D eigenvalue weighted by atomic mass is 16.5. The van der Waals surface area contributed by atoms with Crippen LogP contribution in [-0.2, 0) is 4.79 Å². The molecule has 19 heavy (non-hydrogen) atoms. The van der Waals surface area contributed by atoms with Crippen LogP contribution in [0.1, 0.15) is 37.5 Å². The first-order valence-electron chi connectivity index (χ1n) is 6.71. The fraction of sp³-hybridized carbons (Fsp3) is 0.533. The van der Waals surface area contributed by atoms with Gasteiger partial charge in [0.2, 0.25) is 5.91 Å². The quantitative estimate of drug-likeness (QED) is 0.857. The lowest BCUT2D eigenvalue weighted by molar-refractivity contribution is -0.125. The second kappa shape index (κ2) is 5.61. The van der Waals surface area contributed by atoms with Crippen molar-refractivity contribution in [1.29, 1.82) is 0 Å². The molecular formula is C15H21NO3. The van der Waals surface area contributed by atoms with E-state index in [0.717, 1.165) is 11.1 Å². The van der Waals surface area contributed by atoms with Crippen molar-refractivity contribution in [3.8, 4) is 5.75 Å². The summed E-state index contributed by atoms with van der Waals surface area (Å²) >= 11 is 0. The van der Waals surface area contributed by atoms with Gasteiger partial charge in [-0.15, -0.1) is 0 Å². The SMILES string of the molecule is Cc1ccc2c(c1)C(O)C(NC(=O)C(C)C)CCO2. The fourth-order valence-corrected chi connectivity index (χ4v) is 2.20. The van der Waals surface area contributed by atoms with Crippen molar-refractivity contribution in [1.82, 2.24) is 5.32 Å². The molecule has 0 spiro atoms. The minimum Gasteiger partial charge on any atom is -0.493 e. The lowest BCUT2D eigenvalue weighted by atomic mass is 9.98.